The molecule has 4 aromatic rings. The number of aromatic nitrogens is 1. The molecule has 132 valence electrons. The largest absolute Gasteiger partial charge is 0.466 e. The minimum Gasteiger partial charge on any atom is -0.466 e. The molecule has 3 heterocycles. The summed E-state index contributed by atoms with van der Waals surface area (Å²) in [6.45, 7) is 5.71. The van der Waals surface area contributed by atoms with Gasteiger partial charge in [-0.15, -0.1) is 11.3 Å². The molecule has 0 spiro atoms. The number of fused-ring (bicyclic) bond motifs is 1. The van der Waals surface area contributed by atoms with Crippen LogP contribution in [0.5, 0.6) is 0 Å². The molecule has 1 amide bonds. The van der Waals surface area contributed by atoms with Crippen LogP contribution in [0.3, 0.4) is 0 Å². The Morgan fingerprint density at radius 1 is 1.15 bits per heavy atom. The standard InChI is InChI=1S/C20H18N2O3S/c1-11-10-14(13(3)24-11)12(2)21-19(23)16-8-9-17(25-16)20-22-15-6-4-5-7-18(15)26-20/h4-10,12H,1-3H3,(H,21,23). The summed E-state index contributed by atoms with van der Waals surface area (Å²) < 4.78 is 12.4. The molecule has 0 fully saturated rings. The van der Waals surface area contributed by atoms with E-state index in [0.29, 0.717) is 5.76 Å². The Kier molecular flexibility index (Phi) is 4.12. The first kappa shape index (κ1) is 16.6. The van der Waals surface area contributed by atoms with Gasteiger partial charge in [-0.2, -0.15) is 0 Å². The zero-order valence-electron chi connectivity index (χ0n) is 14.7. The third-order valence-corrected chi connectivity index (χ3v) is 5.28. The van der Waals surface area contributed by atoms with E-state index in [2.05, 4.69) is 10.3 Å². The monoisotopic (exact) mass is 366 g/mol. The fourth-order valence-corrected chi connectivity index (χ4v) is 3.91. The molecule has 0 bridgehead atoms. The molecule has 0 saturated heterocycles. The van der Waals surface area contributed by atoms with Crippen molar-refractivity contribution in [3.05, 3.63) is 65.3 Å². The van der Waals surface area contributed by atoms with Gasteiger partial charge in [0, 0.05) is 5.56 Å². The summed E-state index contributed by atoms with van der Waals surface area (Å²) in [5.74, 6) is 2.24. The van der Waals surface area contributed by atoms with Crippen molar-refractivity contribution in [3.63, 3.8) is 0 Å². The van der Waals surface area contributed by atoms with Crippen molar-refractivity contribution in [1.29, 1.82) is 0 Å². The zero-order chi connectivity index (χ0) is 18.3. The van der Waals surface area contributed by atoms with Crippen LogP contribution in [0.4, 0.5) is 0 Å². The molecule has 1 N–H and O–H groups in total. The van der Waals surface area contributed by atoms with Crippen molar-refractivity contribution in [2.45, 2.75) is 26.8 Å². The number of nitrogens with zero attached hydrogens (tertiary/aromatic N) is 1. The molecule has 1 unspecified atom stereocenters. The zero-order valence-corrected chi connectivity index (χ0v) is 15.5. The maximum atomic E-state index is 12.5. The first-order valence-electron chi connectivity index (χ1n) is 8.35. The van der Waals surface area contributed by atoms with E-state index in [1.54, 1.807) is 23.5 Å². The van der Waals surface area contributed by atoms with Gasteiger partial charge in [-0.3, -0.25) is 4.79 Å². The number of aryl methyl sites for hydroxylation is 2. The highest BCUT2D eigenvalue weighted by atomic mass is 32.1. The van der Waals surface area contributed by atoms with Gasteiger partial charge in [0.2, 0.25) is 0 Å². The Hall–Kier alpha value is -2.86. The number of amides is 1. The van der Waals surface area contributed by atoms with Gasteiger partial charge >= 0.3 is 0 Å². The molecule has 0 aliphatic heterocycles. The summed E-state index contributed by atoms with van der Waals surface area (Å²) in [6.07, 6.45) is 0. The van der Waals surface area contributed by atoms with Crippen molar-refractivity contribution < 1.29 is 13.6 Å². The van der Waals surface area contributed by atoms with E-state index in [-0.39, 0.29) is 17.7 Å². The van der Waals surface area contributed by atoms with Crippen LogP contribution in [-0.4, -0.2) is 10.9 Å². The second-order valence-corrected chi connectivity index (χ2v) is 7.25. The number of rotatable bonds is 4. The van der Waals surface area contributed by atoms with Crippen LogP contribution in [0, 0.1) is 13.8 Å². The second-order valence-electron chi connectivity index (χ2n) is 6.21. The van der Waals surface area contributed by atoms with Gasteiger partial charge in [-0.1, -0.05) is 12.1 Å². The van der Waals surface area contributed by atoms with Crippen molar-refractivity contribution in [2.24, 2.45) is 0 Å². The topological polar surface area (TPSA) is 68.3 Å². The van der Waals surface area contributed by atoms with E-state index >= 15 is 0 Å². The molecular weight excluding hydrogens is 348 g/mol. The van der Waals surface area contributed by atoms with Gasteiger partial charge in [0.25, 0.3) is 5.91 Å². The maximum absolute atomic E-state index is 12.5. The molecule has 4 rings (SSSR count). The van der Waals surface area contributed by atoms with E-state index in [0.717, 1.165) is 32.3 Å². The molecular formula is C20H18N2O3S. The molecule has 5 nitrogen and oxygen atoms in total. The van der Waals surface area contributed by atoms with Crippen molar-refractivity contribution in [2.75, 3.05) is 0 Å². The highest BCUT2D eigenvalue weighted by molar-refractivity contribution is 7.21. The lowest BCUT2D eigenvalue weighted by Gasteiger charge is -2.11. The number of para-hydroxylation sites is 1. The number of carbonyl (C=O) groups is 1. The van der Waals surface area contributed by atoms with Crippen molar-refractivity contribution >= 4 is 27.5 Å². The Bertz CT molecular complexity index is 1060. The van der Waals surface area contributed by atoms with Gasteiger partial charge in [0.05, 0.1) is 16.3 Å². The molecule has 1 atom stereocenters. The third-order valence-electron chi connectivity index (χ3n) is 4.23. The van der Waals surface area contributed by atoms with Gasteiger partial charge in [0.15, 0.2) is 16.5 Å². The predicted octanol–water partition coefficient (Wildman–Crippen LogP) is 5.26. The predicted molar refractivity (Wildman–Crippen MR) is 101 cm³/mol. The summed E-state index contributed by atoms with van der Waals surface area (Å²) in [5, 5.41) is 3.71. The molecule has 0 saturated carbocycles. The van der Waals surface area contributed by atoms with Crippen LogP contribution in [0.15, 0.2) is 51.3 Å². The highest BCUT2D eigenvalue weighted by Gasteiger charge is 2.19. The lowest BCUT2D eigenvalue weighted by molar-refractivity contribution is 0.0912. The fourth-order valence-electron chi connectivity index (χ4n) is 2.98. The van der Waals surface area contributed by atoms with Crippen LogP contribution >= 0.6 is 11.3 Å². The highest BCUT2D eigenvalue weighted by Crippen LogP contribution is 2.31. The quantitative estimate of drug-likeness (QED) is 0.535. The van der Waals surface area contributed by atoms with Gasteiger partial charge < -0.3 is 14.2 Å². The average molecular weight is 366 g/mol. The second kappa shape index (κ2) is 6.46. The normalized spacial score (nSPS) is 12.4. The van der Waals surface area contributed by atoms with Crippen molar-refractivity contribution in [1.82, 2.24) is 10.3 Å². The molecule has 1 aromatic carbocycles. The molecule has 0 aliphatic rings. The smallest absolute Gasteiger partial charge is 0.287 e. The Balaban J connectivity index is 1.53. The van der Waals surface area contributed by atoms with Crippen LogP contribution in [0.2, 0.25) is 0 Å². The number of hydrogen-bond donors (Lipinski definition) is 1. The first-order chi connectivity index (χ1) is 12.5. The van der Waals surface area contributed by atoms with E-state index in [9.17, 15) is 4.79 Å². The summed E-state index contributed by atoms with van der Waals surface area (Å²) >= 11 is 1.54. The molecule has 3 aromatic heterocycles. The molecule has 0 aliphatic carbocycles. The Morgan fingerprint density at radius 2 is 1.96 bits per heavy atom. The lowest BCUT2D eigenvalue weighted by atomic mass is 10.1. The number of carbonyl (C=O) groups excluding carboxylic acids is 1. The Labute approximate surface area is 154 Å². The van der Waals surface area contributed by atoms with Crippen LogP contribution < -0.4 is 5.32 Å². The maximum Gasteiger partial charge on any atom is 0.287 e. The Morgan fingerprint density at radius 3 is 2.69 bits per heavy atom. The number of nitrogens with one attached hydrogen (secondary N) is 1. The number of hydrogen-bond acceptors (Lipinski definition) is 5. The fraction of sp³-hybridized carbons (Fsp3) is 0.200. The van der Waals surface area contributed by atoms with Gasteiger partial charge in [0.1, 0.15) is 11.5 Å². The summed E-state index contributed by atoms with van der Waals surface area (Å²) in [4.78, 5) is 17.1. The van der Waals surface area contributed by atoms with Crippen LogP contribution in [0.25, 0.3) is 21.0 Å². The van der Waals surface area contributed by atoms with Crippen molar-refractivity contribution in [3.8, 4) is 10.8 Å². The SMILES string of the molecule is Cc1cc(C(C)NC(=O)c2ccc(-c3nc4ccccc4s3)o2)c(C)o1. The summed E-state index contributed by atoms with van der Waals surface area (Å²) in [5.41, 5.74) is 1.89. The van der Waals surface area contributed by atoms with Crippen LogP contribution in [-0.2, 0) is 0 Å². The molecule has 6 heteroatoms. The van der Waals surface area contributed by atoms with E-state index in [1.165, 1.54) is 0 Å². The van der Waals surface area contributed by atoms with Gasteiger partial charge in [-0.25, -0.2) is 4.98 Å². The lowest BCUT2D eigenvalue weighted by Crippen LogP contribution is -2.26. The molecule has 0 radical (unpaired) electrons. The molecule has 26 heavy (non-hydrogen) atoms. The summed E-state index contributed by atoms with van der Waals surface area (Å²) in [7, 11) is 0. The number of benzene rings is 1. The van der Waals surface area contributed by atoms with Crippen LogP contribution in [0.1, 0.15) is 40.6 Å². The average Bonchev–Trinajstić information content (AvgIpc) is 3.31. The number of thiazole rings is 1. The van der Waals surface area contributed by atoms with E-state index in [1.807, 2.05) is 51.1 Å². The van der Waals surface area contributed by atoms with Gasteiger partial charge in [-0.05, 0) is 51.1 Å². The minimum atomic E-state index is -0.261. The summed E-state index contributed by atoms with van der Waals surface area (Å²) in [6, 6.07) is 13.1. The first-order valence-corrected chi connectivity index (χ1v) is 9.16. The van der Waals surface area contributed by atoms with E-state index < -0.39 is 0 Å². The van der Waals surface area contributed by atoms with E-state index in [4.69, 9.17) is 8.83 Å². The number of furan rings is 2. The minimum absolute atomic E-state index is 0.170. The third kappa shape index (κ3) is 3.04.